The molecule has 4 rings (SSSR count). The van der Waals surface area contributed by atoms with Crippen LogP contribution in [-0.2, 0) is 38.0 Å². The van der Waals surface area contributed by atoms with E-state index in [4.69, 9.17) is 40.0 Å². The van der Waals surface area contributed by atoms with Crippen LogP contribution in [0.2, 0.25) is 0 Å². The molecular weight excluding hydrogens is 372 g/mol. The Morgan fingerprint density at radius 1 is 1.12 bits per heavy atom. The summed E-state index contributed by atoms with van der Waals surface area (Å²) in [5.41, 5.74) is -2.04. The van der Waals surface area contributed by atoms with Gasteiger partial charge in [0.25, 0.3) is 11.4 Å². The number of carbonyl (C=O) groups is 2. The molecule has 4 aliphatic rings. The van der Waals surface area contributed by atoms with Gasteiger partial charge in [0, 0.05) is 20.1 Å². The van der Waals surface area contributed by atoms with Crippen molar-refractivity contribution in [2.45, 2.75) is 54.2 Å². The molecule has 0 amide bonds. The van der Waals surface area contributed by atoms with Crippen LogP contribution in [-0.4, -0.2) is 78.7 Å². The Balaban J connectivity index is 1.97. The van der Waals surface area contributed by atoms with Crippen LogP contribution in [0.3, 0.4) is 0 Å². The van der Waals surface area contributed by atoms with E-state index in [1.807, 2.05) is 0 Å². The number of hydrogen-bond donors (Lipinski definition) is 1. The first-order valence-electron chi connectivity index (χ1n) is 8.22. The number of alkyl halides is 1. The minimum Gasteiger partial charge on any atom is -0.466 e. The summed E-state index contributed by atoms with van der Waals surface area (Å²) >= 11 is 6.74. The van der Waals surface area contributed by atoms with Crippen molar-refractivity contribution in [3.63, 3.8) is 0 Å². The van der Waals surface area contributed by atoms with Crippen molar-refractivity contribution >= 4 is 23.5 Å². The standard InChI is InChI=1S/C16H21ClO9/c1-13(2)24-9-7-6(8(18)10(9)25-13)14(17)11(19)26-15(7,12(20)21-3)16(14,22-4)23-5/h6-10,18H,1-5H3/t6-,7+,8-,9-,10+,14+,15+/m1/s1. The zero-order valence-electron chi connectivity index (χ0n) is 15.0. The largest absolute Gasteiger partial charge is 0.466 e. The molecule has 0 aromatic carbocycles. The number of methoxy groups -OCH3 is 3. The summed E-state index contributed by atoms with van der Waals surface area (Å²) in [6, 6.07) is 0. The first-order chi connectivity index (χ1) is 12.1. The molecule has 146 valence electrons. The van der Waals surface area contributed by atoms with E-state index in [1.165, 1.54) is 14.2 Å². The third kappa shape index (κ3) is 1.58. The highest BCUT2D eigenvalue weighted by atomic mass is 35.5. The maximum absolute atomic E-state index is 12.9. The van der Waals surface area contributed by atoms with Crippen LogP contribution in [0.25, 0.3) is 0 Å². The molecule has 2 heterocycles. The van der Waals surface area contributed by atoms with Crippen molar-refractivity contribution in [2.24, 2.45) is 11.8 Å². The molecule has 10 heteroatoms. The van der Waals surface area contributed by atoms with Gasteiger partial charge in [-0.2, -0.15) is 0 Å². The summed E-state index contributed by atoms with van der Waals surface area (Å²) < 4.78 is 33.2. The number of esters is 2. The number of aliphatic hydroxyl groups excluding tert-OH is 1. The fraction of sp³-hybridized carbons (Fsp3) is 0.875. The normalized spacial score (nSPS) is 49.7. The smallest absolute Gasteiger partial charge is 0.356 e. The number of halogens is 1. The van der Waals surface area contributed by atoms with Gasteiger partial charge in [-0.05, 0) is 13.8 Å². The lowest BCUT2D eigenvalue weighted by Gasteiger charge is -2.40. The summed E-state index contributed by atoms with van der Waals surface area (Å²) in [4.78, 5) is 23.7. The fourth-order valence-corrected chi connectivity index (χ4v) is 6.03. The average Bonchev–Trinajstić information content (AvgIpc) is 3.17. The molecule has 4 fully saturated rings. The third-order valence-electron chi connectivity index (χ3n) is 6.12. The number of rotatable bonds is 3. The molecule has 2 aliphatic heterocycles. The van der Waals surface area contributed by atoms with Gasteiger partial charge in [0.2, 0.25) is 4.87 Å². The van der Waals surface area contributed by atoms with Crippen LogP contribution in [0.5, 0.6) is 0 Å². The van der Waals surface area contributed by atoms with Crippen molar-refractivity contribution in [3.05, 3.63) is 0 Å². The van der Waals surface area contributed by atoms with Crippen LogP contribution in [0.15, 0.2) is 0 Å². The predicted octanol–water partition coefficient (Wildman–Crippen LogP) is -0.438. The van der Waals surface area contributed by atoms with E-state index < -0.39 is 64.1 Å². The van der Waals surface area contributed by atoms with Gasteiger partial charge < -0.3 is 33.5 Å². The quantitative estimate of drug-likeness (QED) is 0.388. The highest BCUT2D eigenvalue weighted by Crippen LogP contribution is 2.71. The Bertz CT molecular complexity index is 677. The first kappa shape index (κ1) is 18.4. The van der Waals surface area contributed by atoms with Crippen molar-refractivity contribution in [2.75, 3.05) is 21.3 Å². The van der Waals surface area contributed by atoms with E-state index in [0.29, 0.717) is 0 Å². The van der Waals surface area contributed by atoms with Gasteiger partial charge in [-0.1, -0.05) is 11.6 Å². The van der Waals surface area contributed by atoms with Gasteiger partial charge in [0.1, 0.15) is 6.10 Å². The molecule has 0 aromatic rings. The molecule has 0 aromatic heterocycles. The molecule has 2 bridgehead atoms. The van der Waals surface area contributed by atoms with E-state index in [1.54, 1.807) is 13.8 Å². The molecular formula is C16H21ClO9. The molecule has 0 unspecified atom stereocenters. The zero-order valence-corrected chi connectivity index (χ0v) is 15.7. The second kappa shape index (κ2) is 5.09. The number of ether oxygens (including phenoxy) is 6. The lowest BCUT2D eigenvalue weighted by atomic mass is 9.82. The molecule has 0 radical (unpaired) electrons. The molecule has 0 spiro atoms. The predicted molar refractivity (Wildman–Crippen MR) is 83.0 cm³/mol. The molecule has 2 aliphatic carbocycles. The third-order valence-corrected chi connectivity index (χ3v) is 6.78. The maximum Gasteiger partial charge on any atom is 0.356 e. The minimum atomic E-state index is -2.04. The van der Waals surface area contributed by atoms with Gasteiger partial charge in [-0.25, -0.2) is 9.59 Å². The Hall–Kier alpha value is -0.970. The van der Waals surface area contributed by atoms with Gasteiger partial charge in [-0.3, -0.25) is 0 Å². The SMILES string of the molecule is COC(=O)[C@@]12OC(=O)[C@@](Cl)([C@H]3[C@@H](O)[C@@H]4OC(C)(C)O[C@@H]4[C@H]31)C2(OC)OC. The molecule has 9 nitrogen and oxygen atoms in total. The Morgan fingerprint density at radius 3 is 2.23 bits per heavy atom. The van der Waals surface area contributed by atoms with Crippen LogP contribution in [0.4, 0.5) is 0 Å². The fourth-order valence-electron chi connectivity index (χ4n) is 5.43. The van der Waals surface area contributed by atoms with Crippen molar-refractivity contribution < 1.29 is 43.1 Å². The number of aliphatic hydroxyl groups is 1. The molecule has 1 N–H and O–H groups in total. The van der Waals surface area contributed by atoms with E-state index in [0.717, 1.165) is 7.11 Å². The maximum atomic E-state index is 12.9. The van der Waals surface area contributed by atoms with Gasteiger partial charge in [-0.15, -0.1) is 0 Å². The van der Waals surface area contributed by atoms with Crippen molar-refractivity contribution in [3.8, 4) is 0 Å². The molecule has 2 saturated heterocycles. The minimum absolute atomic E-state index is 0.775. The van der Waals surface area contributed by atoms with E-state index in [-0.39, 0.29) is 0 Å². The Kier molecular flexibility index (Phi) is 3.60. The highest BCUT2D eigenvalue weighted by molar-refractivity contribution is 6.37. The molecule has 2 saturated carbocycles. The van der Waals surface area contributed by atoms with Gasteiger partial charge >= 0.3 is 11.9 Å². The molecule has 26 heavy (non-hydrogen) atoms. The van der Waals surface area contributed by atoms with Crippen molar-refractivity contribution in [1.82, 2.24) is 0 Å². The van der Waals surface area contributed by atoms with Crippen LogP contribution >= 0.6 is 11.6 Å². The summed E-state index contributed by atoms with van der Waals surface area (Å²) in [6.07, 6.45) is -2.76. The lowest BCUT2D eigenvalue weighted by Crippen LogP contribution is -2.65. The summed E-state index contributed by atoms with van der Waals surface area (Å²) in [5, 5.41) is 10.9. The second-order valence-corrected chi connectivity index (χ2v) is 8.06. The molecule has 7 atom stereocenters. The van der Waals surface area contributed by atoms with E-state index >= 15 is 0 Å². The lowest BCUT2D eigenvalue weighted by molar-refractivity contribution is -0.279. The topological polar surface area (TPSA) is 110 Å². The number of fused-ring (bicyclic) bond motifs is 7. The van der Waals surface area contributed by atoms with Crippen LogP contribution in [0.1, 0.15) is 13.8 Å². The van der Waals surface area contributed by atoms with Crippen LogP contribution in [0, 0.1) is 11.8 Å². The van der Waals surface area contributed by atoms with Crippen molar-refractivity contribution in [1.29, 1.82) is 0 Å². The van der Waals surface area contributed by atoms with Crippen LogP contribution < -0.4 is 0 Å². The summed E-state index contributed by atoms with van der Waals surface area (Å²) in [6.45, 7) is 3.38. The van der Waals surface area contributed by atoms with Gasteiger partial charge in [0.05, 0.1) is 25.2 Å². The first-order valence-corrected chi connectivity index (χ1v) is 8.60. The summed E-state index contributed by atoms with van der Waals surface area (Å²) in [7, 11) is 3.66. The monoisotopic (exact) mass is 392 g/mol. The average molecular weight is 393 g/mol. The Morgan fingerprint density at radius 2 is 1.69 bits per heavy atom. The highest BCUT2D eigenvalue weighted by Gasteiger charge is 2.96. The Labute approximate surface area is 154 Å². The second-order valence-electron chi connectivity index (χ2n) is 7.46. The number of hydrogen-bond acceptors (Lipinski definition) is 9. The van der Waals surface area contributed by atoms with E-state index in [9.17, 15) is 14.7 Å². The zero-order chi connectivity index (χ0) is 19.3. The summed E-state index contributed by atoms with van der Waals surface area (Å²) in [5.74, 6) is -6.66. The van der Waals surface area contributed by atoms with Gasteiger partial charge in [0.15, 0.2) is 5.79 Å². The van der Waals surface area contributed by atoms with E-state index in [2.05, 4.69) is 0 Å². The number of carbonyl (C=O) groups excluding carboxylic acids is 2.